The van der Waals surface area contributed by atoms with E-state index in [9.17, 15) is 4.79 Å². The molecular weight excluding hydrogens is 586 g/mol. The molecule has 45 heavy (non-hydrogen) atoms. The predicted octanol–water partition coefficient (Wildman–Crippen LogP) is 5.94. The zero-order chi connectivity index (χ0) is 31.9. The zero-order valence-electron chi connectivity index (χ0n) is 27.4. The fraction of sp³-hybridized carbons (Fsp3) is 0.562. The van der Waals surface area contributed by atoms with Gasteiger partial charge in [-0.25, -0.2) is 9.48 Å². The van der Waals surface area contributed by atoms with E-state index < -0.39 is 13.7 Å². The zero-order valence-corrected chi connectivity index (χ0v) is 28.4. The lowest BCUT2D eigenvalue weighted by Crippen LogP contribution is -2.51. The highest BCUT2D eigenvalue weighted by Gasteiger charge is 2.45. The number of fused-ring (bicyclic) bond motifs is 3. The van der Waals surface area contributed by atoms with E-state index in [1.54, 1.807) is 4.68 Å². The van der Waals surface area contributed by atoms with Crippen LogP contribution < -0.4 is 5.32 Å². The number of ether oxygens (including phenoxy) is 2. The number of piperidine rings is 1. The average molecular weight is 632 g/mol. The third-order valence-corrected chi connectivity index (χ3v) is 10.2. The molecule has 5 heterocycles. The Kier molecular flexibility index (Phi) is 8.42. The number of aromatic nitrogens is 7. The maximum atomic E-state index is 12.9. The van der Waals surface area contributed by atoms with Crippen LogP contribution in [0.1, 0.15) is 46.5 Å². The minimum absolute atomic E-state index is 0.178. The molecule has 2 aliphatic heterocycles. The first-order valence-electron chi connectivity index (χ1n) is 15.9. The number of amides is 1. The van der Waals surface area contributed by atoms with E-state index >= 15 is 0 Å². The largest absolute Gasteiger partial charge is 0.444 e. The van der Waals surface area contributed by atoms with Crippen molar-refractivity contribution in [2.75, 3.05) is 11.9 Å². The minimum atomic E-state index is -1.21. The van der Waals surface area contributed by atoms with Crippen molar-refractivity contribution in [1.82, 2.24) is 39.9 Å². The maximum Gasteiger partial charge on any atom is 0.410 e. The normalized spacial score (nSPS) is 20.2. The highest BCUT2D eigenvalue weighted by Crippen LogP contribution is 2.38. The number of hydrogen-bond acceptors (Lipinski definition) is 9. The Labute approximate surface area is 265 Å². The number of rotatable bonds is 9. The molecule has 2 saturated heterocycles. The molecule has 6 rings (SSSR count). The number of carbonyl (C=O) groups excluding carboxylic acids is 1. The van der Waals surface area contributed by atoms with Crippen LogP contribution in [0.15, 0.2) is 36.7 Å². The molecular formula is C32H45N9O3Si. The van der Waals surface area contributed by atoms with E-state index in [0.717, 1.165) is 71.0 Å². The molecule has 3 aromatic heterocycles. The summed E-state index contributed by atoms with van der Waals surface area (Å²) < 4.78 is 15.4. The Morgan fingerprint density at radius 3 is 2.36 bits per heavy atom. The van der Waals surface area contributed by atoms with Crippen LogP contribution in [-0.2, 0) is 23.3 Å². The number of nitrogens with zero attached hydrogens (tertiary/aromatic N) is 8. The van der Waals surface area contributed by atoms with Crippen LogP contribution in [0.3, 0.4) is 0 Å². The van der Waals surface area contributed by atoms with Crippen LogP contribution in [0.5, 0.6) is 0 Å². The first kappa shape index (κ1) is 31.2. The van der Waals surface area contributed by atoms with Crippen molar-refractivity contribution in [3.05, 3.63) is 36.7 Å². The maximum absolute atomic E-state index is 12.9. The van der Waals surface area contributed by atoms with Crippen molar-refractivity contribution in [2.24, 2.45) is 7.05 Å². The van der Waals surface area contributed by atoms with Gasteiger partial charge in [-0.1, -0.05) is 30.9 Å². The van der Waals surface area contributed by atoms with Crippen LogP contribution >= 0.6 is 0 Å². The molecule has 2 bridgehead atoms. The Morgan fingerprint density at radius 2 is 1.73 bits per heavy atom. The van der Waals surface area contributed by atoms with Crippen molar-refractivity contribution in [3.63, 3.8) is 0 Å². The molecule has 0 saturated carbocycles. The van der Waals surface area contributed by atoms with Gasteiger partial charge in [-0.2, -0.15) is 5.10 Å². The van der Waals surface area contributed by atoms with Gasteiger partial charge < -0.3 is 19.7 Å². The minimum Gasteiger partial charge on any atom is -0.444 e. The summed E-state index contributed by atoms with van der Waals surface area (Å²) in [6.45, 7) is 13.8. The summed E-state index contributed by atoms with van der Waals surface area (Å²) in [5, 5.41) is 27.0. The van der Waals surface area contributed by atoms with Gasteiger partial charge in [0.05, 0.1) is 23.6 Å². The van der Waals surface area contributed by atoms with Gasteiger partial charge in [-0.05, 0) is 70.7 Å². The monoisotopic (exact) mass is 631 g/mol. The van der Waals surface area contributed by atoms with Crippen molar-refractivity contribution in [2.45, 2.75) is 103 Å². The second-order valence-corrected chi connectivity index (χ2v) is 20.2. The number of aryl methyl sites for hydroxylation is 1. The summed E-state index contributed by atoms with van der Waals surface area (Å²) in [5.41, 5.74) is 3.83. The Hall–Kier alpha value is -3.84. The number of carbonyl (C=O) groups is 1. The number of hydrogen-bond donors (Lipinski definition) is 1. The lowest BCUT2D eigenvalue weighted by molar-refractivity contribution is 0.00682. The van der Waals surface area contributed by atoms with E-state index in [4.69, 9.17) is 14.6 Å². The molecule has 2 fully saturated rings. The van der Waals surface area contributed by atoms with Crippen molar-refractivity contribution < 1.29 is 14.3 Å². The van der Waals surface area contributed by atoms with E-state index in [1.165, 1.54) is 0 Å². The Bertz CT molecular complexity index is 1640. The summed E-state index contributed by atoms with van der Waals surface area (Å²) in [4.78, 5) is 14.8. The van der Waals surface area contributed by atoms with Gasteiger partial charge >= 0.3 is 6.09 Å². The first-order chi connectivity index (χ1) is 21.3. The highest BCUT2D eigenvalue weighted by molar-refractivity contribution is 6.76. The van der Waals surface area contributed by atoms with Gasteiger partial charge in [0.15, 0.2) is 0 Å². The standard InChI is InChI=1S/C32H45N9O3Si/c1-32(2,3)44-31(42)41-22-8-9-23(41)17-21(16-22)34-29-13-12-27(35-37-29)25-11-10-24(28-19-39(4)38-36-28)26-18-33-40(30(25)26)20-43-14-15-45(5,6)7/h10-13,18-19,21-23H,8-9,14-17,20H2,1-7H3,(H,34,37)/t21?,22-,23+. The second kappa shape index (κ2) is 12.2. The molecule has 1 amide bonds. The molecule has 1 N–H and O–H groups in total. The summed E-state index contributed by atoms with van der Waals surface area (Å²) in [7, 11) is 0.649. The topological polar surface area (TPSA) is 125 Å². The summed E-state index contributed by atoms with van der Waals surface area (Å²) in [5.74, 6) is 0.726. The molecule has 13 heteroatoms. The molecule has 12 nitrogen and oxygen atoms in total. The van der Waals surface area contributed by atoms with Crippen LogP contribution in [0, 0.1) is 0 Å². The van der Waals surface area contributed by atoms with Gasteiger partial charge in [-0.15, -0.1) is 15.3 Å². The SMILES string of the molecule is Cn1cc(-c2ccc(-c3ccc(NC4C[C@H]5CC[C@@H](C4)N5C(=O)OC(C)(C)C)nn3)c3c2cnn3COCC[Si](C)(C)C)nn1. The van der Waals surface area contributed by atoms with Crippen LogP contribution in [-0.4, -0.2) is 84.4 Å². The lowest BCUT2D eigenvalue weighted by atomic mass is 9.97. The van der Waals surface area contributed by atoms with E-state index in [-0.39, 0.29) is 24.2 Å². The van der Waals surface area contributed by atoms with Crippen LogP contribution in [0.25, 0.3) is 33.4 Å². The number of benzene rings is 1. The summed E-state index contributed by atoms with van der Waals surface area (Å²) >= 11 is 0. The van der Waals surface area contributed by atoms with E-state index in [0.29, 0.717) is 13.3 Å². The summed E-state index contributed by atoms with van der Waals surface area (Å²) in [6.07, 6.45) is 7.30. The molecule has 0 aliphatic carbocycles. The molecule has 0 radical (unpaired) electrons. The molecule has 3 atom stereocenters. The van der Waals surface area contributed by atoms with Crippen LogP contribution in [0.2, 0.25) is 25.7 Å². The lowest BCUT2D eigenvalue weighted by Gasteiger charge is -2.39. The molecule has 2 aliphatic rings. The molecule has 4 aromatic rings. The predicted molar refractivity (Wildman–Crippen MR) is 176 cm³/mol. The summed E-state index contributed by atoms with van der Waals surface area (Å²) in [6, 6.07) is 9.74. The van der Waals surface area contributed by atoms with Crippen LogP contribution in [0.4, 0.5) is 10.6 Å². The van der Waals surface area contributed by atoms with Gasteiger partial charge in [0.1, 0.15) is 23.8 Å². The molecule has 0 spiro atoms. The molecule has 1 unspecified atom stereocenters. The van der Waals surface area contributed by atoms with Crippen molar-refractivity contribution in [3.8, 4) is 22.5 Å². The highest BCUT2D eigenvalue weighted by atomic mass is 28.3. The number of nitrogens with one attached hydrogen (secondary N) is 1. The quantitative estimate of drug-likeness (QED) is 0.176. The Morgan fingerprint density at radius 1 is 1.00 bits per heavy atom. The first-order valence-corrected chi connectivity index (χ1v) is 19.6. The third kappa shape index (κ3) is 7.04. The van der Waals surface area contributed by atoms with Gasteiger partial charge in [0.25, 0.3) is 0 Å². The molecule has 1 aromatic carbocycles. The third-order valence-electron chi connectivity index (χ3n) is 8.52. The van der Waals surface area contributed by atoms with E-state index in [2.05, 4.69) is 45.5 Å². The van der Waals surface area contributed by atoms with Gasteiger partial charge in [0.2, 0.25) is 0 Å². The molecule has 240 valence electrons. The van der Waals surface area contributed by atoms with Gasteiger partial charge in [-0.3, -0.25) is 4.68 Å². The van der Waals surface area contributed by atoms with Crippen molar-refractivity contribution >= 4 is 30.9 Å². The fourth-order valence-corrected chi connectivity index (χ4v) is 7.16. The van der Waals surface area contributed by atoms with E-state index in [1.807, 2.05) is 74.1 Å². The second-order valence-electron chi connectivity index (χ2n) is 14.6. The average Bonchev–Trinajstić information content (AvgIpc) is 3.66. The van der Waals surface area contributed by atoms with Crippen molar-refractivity contribution in [1.29, 1.82) is 0 Å². The Balaban J connectivity index is 1.20. The van der Waals surface area contributed by atoms with Gasteiger partial charge in [0, 0.05) is 56.4 Å². The number of anilines is 1. The fourth-order valence-electron chi connectivity index (χ4n) is 6.40. The smallest absolute Gasteiger partial charge is 0.410 e.